The number of nitrogen functional groups attached to an aromatic ring is 1. The first-order valence-electron chi connectivity index (χ1n) is 7.25. The second-order valence-electron chi connectivity index (χ2n) is 4.93. The van der Waals surface area contributed by atoms with Gasteiger partial charge in [0.05, 0.1) is 11.5 Å². The van der Waals surface area contributed by atoms with Gasteiger partial charge in [-0.25, -0.2) is 4.79 Å². The molecule has 0 unspecified atom stereocenters. The Morgan fingerprint density at radius 2 is 2.12 bits per heavy atom. The normalized spacial score (nSPS) is 10.6. The molecule has 10 heteroatoms. The smallest absolute Gasteiger partial charge is 0.369 e. The van der Waals surface area contributed by atoms with E-state index in [4.69, 9.17) is 15.3 Å². The van der Waals surface area contributed by atoms with E-state index in [9.17, 15) is 14.9 Å². The molecule has 0 radical (unpaired) electrons. The van der Waals surface area contributed by atoms with E-state index in [0.717, 1.165) is 10.9 Å². The standard InChI is InChI=1S/C15H13N5O5/c1-2-24-14-8-10(16)13(20(22)23)7-9(14)15(21)25-19-12-6-4-3-5-11(12)17-18-19/h3-8H,2,16H2,1H3. The molecule has 1 heterocycles. The summed E-state index contributed by atoms with van der Waals surface area (Å²) < 4.78 is 5.33. The van der Waals surface area contributed by atoms with Crippen LogP contribution in [0.25, 0.3) is 11.0 Å². The molecule has 0 bridgehead atoms. The highest BCUT2D eigenvalue weighted by molar-refractivity contribution is 5.95. The number of anilines is 1. The molecule has 0 spiro atoms. The second kappa shape index (κ2) is 6.43. The lowest BCUT2D eigenvalue weighted by atomic mass is 10.1. The summed E-state index contributed by atoms with van der Waals surface area (Å²) in [7, 11) is 0. The summed E-state index contributed by atoms with van der Waals surface area (Å²) in [6.07, 6.45) is 0. The summed E-state index contributed by atoms with van der Waals surface area (Å²) in [6.45, 7) is 1.95. The predicted molar refractivity (Wildman–Crippen MR) is 87.1 cm³/mol. The van der Waals surface area contributed by atoms with Crippen molar-refractivity contribution in [3.63, 3.8) is 0 Å². The van der Waals surface area contributed by atoms with E-state index in [1.54, 1.807) is 31.2 Å². The quantitative estimate of drug-likeness (QED) is 0.319. The average molecular weight is 343 g/mol. The Morgan fingerprint density at radius 3 is 2.84 bits per heavy atom. The highest BCUT2D eigenvalue weighted by Crippen LogP contribution is 2.31. The van der Waals surface area contributed by atoms with Crippen molar-refractivity contribution in [1.29, 1.82) is 0 Å². The number of rotatable bonds is 5. The van der Waals surface area contributed by atoms with Crippen LogP contribution in [0.4, 0.5) is 11.4 Å². The van der Waals surface area contributed by atoms with Crippen LogP contribution in [0.3, 0.4) is 0 Å². The minimum absolute atomic E-state index is 0.0834. The maximum Gasteiger partial charge on any atom is 0.369 e. The molecule has 0 fully saturated rings. The largest absolute Gasteiger partial charge is 0.493 e. The molecule has 0 atom stereocenters. The number of nitro benzene ring substituents is 1. The third-order valence-corrected chi connectivity index (χ3v) is 3.34. The number of carbonyl (C=O) groups excluding carboxylic acids is 1. The fourth-order valence-corrected chi connectivity index (χ4v) is 2.22. The topological polar surface area (TPSA) is 135 Å². The van der Waals surface area contributed by atoms with Gasteiger partial charge in [-0.3, -0.25) is 10.1 Å². The predicted octanol–water partition coefficient (Wildman–Crippen LogP) is 1.59. The zero-order chi connectivity index (χ0) is 18.0. The van der Waals surface area contributed by atoms with Gasteiger partial charge in [0, 0.05) is 12.1 Å². The number of hydrogen-bond acceptors (Lipinski definition) is 8. The van der Waals surface area contributed by atoms with Crippen LogP contribution >= 0.6 is 0 Å². The van der Waals surface area contributed by atoms with Crippen LogP contribution < -0.4 is 15.3 Å². The number of hydrogen-bond donors (Lipinski definition) is 1. The lowest BCUT2D eigenvalue weighted by Gasteiger charge is -2.10. The molecule has 1 aromatic heterocycles. The van der Waals surface area contributed by atoms with Gasteiger partial charge in [0.25, 0.3) is 5.69 Å². The molecule has 0 aliphatic heterocycles. The van der Waals surface area contributed by atoms with Gasteiger partial charge in [-0.15, -0.1) is 5.10 Å². The fraction of sp³-hybridized carbons (Fsp3) is 0.133. The molecule has 0 saturated carbocycles. The van der Waals surface area contributed by atoms with E-state index in [1.165, 1.54) is 6.07 Å². The summed E-state index contributed by atoms with van der Waals surface area (Å²) in [5.41, 5.74) is 5.96. The van der Waals surface area contributed by atoms with Gasteiger partial charge in [-0.1, -0.05) is 17.0 Å². The van der Waals surface area contributed by atoms with Crippen molar-refractivity contribution in [1.82, 2.24) is 15.2 Å². The molecule has 2 N–H and O–H groups in total. The number of nitrogens with two attached hydrogens (primary N) is 1. The van der Waals surface area contributed by atoms with Crippen LogP contribution in [-0.2, 0) is 0 Å². The zero-order valence-corrected chi connectivity index (χ0v) is 13.1. The van der Waals surface area contributed by atoms with E-state index >= 15 is 0 Å². The summed E-state index contributed by atoms with van der Waals surface area (Å²) in [6, 6.07) is 9.10. The maximum absolute atomic E-state index is 12.5. The van der Waals surface area contributed by atoms with E-state index in [1.807, 2.05) is 0 Å². The Bertz CT molecular complexity index is 968. The molecule has 0 aliphatic rings. The van der Waals surface area contributed by atoms with Gasteiger partial charge in [-0.05, 0) is 24.3 Å². The highest BCUT2D eigenvalue weighted by Gasteiger charge is 2.24. The third-order valence-electron chi connectivity index (χ3n) is 3.34. The Morgan fingerprint density at radius 1 is 1.36 bits per heavy atom. The second-order valence-corrected chi connectivity index (χ2v) is 4.93. The van der Waals surface area contributed by atoms with Crippen LogP contribution in [-0.4, -0.2) is 32.7 Å². The number of fused-ring (bicyclic) bond motifs is 1. The number of benzene rings is 2. The number of ether oxygens (including phenoxy) is 1. The van der Waals surface area contributed by atoms with Crippen molar-refractivity contribution < 1.29 is 19.3 Å². The third kappa shape index (κ3) is 3.04. The first-order chi connectivity index (χ1) is 12.0. The highest BCUT2D eigenvalue weighted by atomic mass is 16.7. The van der Waals surface area contributed by atoms with Crippen LogP contribution in [0.15, 0.2) is 36.4 Å². The Balaban J connectivity index is 2.00. The molecule has 2 aromatic carbocycles. The van der Waals surface area contributed by atoms with Gasteiger partial charge in [-0.2, -0.15) is 0 Å². The molecule has 0 aliphatic carbocycles. The monoisotopic (exact) mass is 343 g/mol. The Labute approximate surface area is 140 Å². The molecule has 10 nitrogen and oxygen atoms in total. The number of nitro groups is 1. The molecule has 3 rings (SSSR count). The lowest BCUT2D eigenvalue weighted by Crippen LogP contribution is -2.22. The first-order valence-corrected chi connectivity index (χ1v) is 7.25. The minimum atomic E-state index is -0.887. The maximum atomic E-state index is 12.5. The van der Waals surface area contributed by atoms with Crippen molar-refractivity contribution in [2.45, 2.75) is 6.92 Å². The molecule has 128 valence electrons. The van der Waals surface area contributed by atoms with E-state index in [-0.39, 0.29) is 23.6 Å². The van der Waals surface area contributed by atoms with Crippen LogP contribution in [0.1, 0.15) is 17.3 Å². The van der Waals surface area contributed by atoms with Crippen molar-refractivity contribution >= 4 is 28.4 Å². The zero-order valence-electron chi connectivity index (χ0n) is 13.1. The molecule has 0 saturated heterocycles. The van der Waals surface area contributed by atoms with Crippen LogP contribution in [0.2, 0.25) is 0 Å². The Hall–Kier alpha value is -3.69. The number of carbonyl (C=O) groups is 1. The summed E-state index contributed by atoms with van der Waals surface area (Å²) in [5.74, 6) is -0.803. The van der Waals surface area contributed by atoms with Crippen molar-refractivity contribution in [3.05, 3.63) is 52.1 Å². The average Bonchev–Trinajstić information content (AvgIpc) is 2.98. The summed E-state index contributed by atoms with van der Waals surface area (Å²) >= 11 is 0. The van der Waals surface area contributed by atoms with Gasteiger partial charge in [0.2, 0.25) is 0 Å². The van der Waals surface area contributed by atoms with Crippen LogP contribution in [0.5, 0.6) is 5.75 Å². The Kier molecular flexibility index (Phi) is 4.16. The number of aromatic nitrogens is 3. The minimum Gasteiger partial charge on any atom is -0.493 e. The van der Waals surface area contributed by atoms with Crippen molar-refractivity contribution in [3.8, 4) is 5.75 Å². The van der Waals surface area contributed by atoms with Gasteiger partial charge in [0.15, 0.2) is 0 Å². The number of para-hydroxylation sites is 1. The van der Waals surface area contributed by atoms with Crippen molar-refractivity contribution in [2.75, 3.05) is 12.3 Å². The van der Waals surface area contributed by atoms with Gasteiger partial charge < -0.3 is 15.3 Å². The summed E-state index contributed by atoms with van der Waals surface area (Å²) in [4.78, 5) is 29.0. The molecule has 0 amide bonds. The van der Waals surface area contributed by atoms with Gasteiger partial charge in [0.1, 0.15) is 28.0 Å². The van der Waals surface area contributed by atoms with Crippen molar-refractivity contribution in [2.24, 2.45) is 0 Å². The first kappa shape index (κ1) is 16.2. The molecular weight excluding hydrogens is 330 g/mol. The summed E-state index contributed by atoms with van der Waals surface area (Å²) in [5, 5.41) is 18.7. The lowest BCUT2D eigenvalue weighted by molar-refractivity contribution is -0.383. The molecule has 25 heavy (non-hydrogen) atoms. The molecular formula is C15H13N5O5. The fourth-order valence-electron chi connectivity index (χ4n) is 2.22. The van der Waals surface area contributed by atoms with E-state index < -0.39 is 16.6 Å². The van der Waals surface area contributed by atoms with Crippen LogP contribution in [0, 0.1) is 10.1 Å². The van der Waals surface area contributed by atoms with E-state index in [0.29, 0.717) is 11.0 Å². The molecule has 3 aromatic rings. The van der Waals surface area contributed by atoms with Gasteiger partial charge >= 0.3 is 5.97 Å². The SMILES string of the molecule is CCOc1cc(N)c([N+](=O)[O-])cc1C(=O)On1nnc2ccccc21. The number of nitrogens with zero attached hydrogens (tertiary/aromatic N) is 4. The van der Waals surface area contributed by atoms with E-state index in [2.05, 4.69) is 10.3 Å².